The molecule has 0 aromatic heterocycles. The van der Waals surface area contributed by atoms with Crippen LogP contribution in [0.15, 0.2) is 0 Å². The van der Waals surface area contributed by atoms with Crippen LogP contribution >= 0.6 is 0 Å². The SMILES string of the molecule is C.C.C.CC#N.CC#N.CC#N.CC#N.CC1CCCC1.CC1CCCC1.CC1CCCC1.FB(F)F.[CH3-].[CH3-].[CH3-].[F-].[Ru+2].[Ru+]. The minimum Gasteiger partial charge on any atom is -1.00 e. The molecule has 3 fully saturated rings. The van der Waals surface area contributed by atoms with Crippen molar-refractivity contribution < 1.29 is 56.6 Å². The number of rotatable bonds is 0. The number of nitriles is 4. The molecule has 265 valence electrons. The van der Waals surface area contributed by atoms with Gasteiger partial charge in [0.2, 0.25) is 0 Å². The van der Waals surface area contributed by atoms with Crippen LogP contribution in [-0.4, -0.2) is 7.54 Å². The van der Waals surface area contributed by atoms with Crippen molar-refractivity contribution in [2.75, 3.05) is 0 Å². The molecule has 11 heteroatoms. The molecule has 0 aromatic carbocycles. The van der Waals surface area contributed by atoms with Crippen molar-refractivity contribution in [2.45, 2.75) is 148 Å². The first-order valence-electron chi connectivity index (χ1n) is 12.2. The van der Waals surface area contributed by atoms with E-state index in [1.807, 2.05) is 0 Å². The molecule has 0 bridgehead atoms. The summed E-state index contributed by atoms with van der Waals surface area (Å²) in [5.74, 6) is 3.14. The van der Waals surface area contributed by atoms with Crippen LogP contribution in [0.3, 0.4) is 0 Å². The maximum absolute atomic E-state index is 9.67. The van der Waals surface area contributed by atoms with Crippen molar-refractivity contribution in [1.29, 1.82) is 21.0 Å². The van der Waals surface area contributed by atoms with Crippen LogP contribution in [0.1, 0.15) is 148 Å². The van der Waals surface area contributed by atoms with Crippen LogP contribution in [0.2, 0.25) is 0 Å². The second-order valence-electron chi connectivity index (χ2n) is 8.31. The van der Waals surface area contributed by atoms with E-state index in [0.717, 1.165) is 17.8 Å². The summed E-state index contributed by atoms with van der Waals surface area (Å²) >= 11 is 0. The summed E-state index contributed by atoms with van der Waals surface area (Å²) in [6.45, 7) is 12.7. The van der Waals surface area contributed by atoms with Gasteiger partial charge in [-0.2, -0.15) is 21.0 Å². The van der Waals surface area contributed by atoms with Crippen molar-refractivity contribution >= 4 is 7.54 Å². The van der Waals surface area contributed by atoms with E-state index >= 15 is 0 Å². The molecule has 0 spiro atoms. The molecule has 4 nitrogen and oxygen atoms in total. The number of hydrogen-bond donors (Lipinski definition) is 0. The molecule has 3 rings (SSSR count). The zero-order chi connectivity index (χ0) is 27.6. The maximum Gasteiger partial charge on any atom is 2.00 e. The molecule has 0 unspecified atom stereocenters. The van der Waals surface area contributed by atoms with Crippen molar-refractivity contribution in [3.63, 3.8) is 0 Å². The third-order valence-corrected chi connectivity index (χ3v) is 4.93. The van der Waals surface area contributed by atoms with E-state index in [0.29, 0.717) is 0 Å². The Bertz CT molecular complexity index is 449. The van der Waals surface area contributed by atoms with E-state index < -0.39 is 7.54 Å². The average molecular weight is 799 g/mol. The largest absolute Gasteiger partial charge is 2.00 e. The molecular formula is C32H69BF4N4Ru2-. The summed E-state index contributed by atoms with van der Waals surface area (Å²) in [5, 5.41) is 29.3. The van der Waals surface area contributed by atoms with Crippen LogP contribution in [-0.2, 0) is 39.0 Å². The average Bonchev–Trinajstić information content (AvgIpc) is 3.51. The van der Waals surface area contributed by atoms with Crippen molar-refractivity contribution in [3.05, 3.63) is 22.3 Å². The van der Waals surface area contributed by atoms with Gasteiger partial charge >= 0.3 is 46.5 Å². The van der Waals surface area contributed by atoms with Crippen LogP contribution < -0.4 is 4.70 Å². The zero-order valence-corrected chi connectivity index (χ0v) is 30.3. The van der Waals surface area contributed by atoms with Crippen molar-refractivity contribution in [2.24, 2.45) is 17.8 Å². The summed E-state index contributed by atoms with van der Waals surface area (Å²) in [4.78, 5) is 0. The summed E-state index contributed by atoms with van der Waals surface area (Å²) in [6.07, 6.45) is 17.8. The number of hydrogen-bond acceptors (Lipinski definition) is 4. The Labute approximate surface area is 296 Å². The summed E-state index contributed by atoms with van der Waals surface area (Å²) in [6, 6.07) is 7.00. The van der Waals surface area contributed by atoms with Crippen molar-refractivity contribution in [1.82, 2.24) is 0 Å². The Morgan fingerprint density at radius 3 is 0.581 bits per heavy atom. The fourth-order valence-corrected chi connectivity index (χ4v) is 3.39. The molecule has 3 aliphatic rings. The van der Waals surface area contributed by atoms with Crippen molar-refractivity contribution in [3.8, 4) is 24.3 Å². The van der Waals surface area contributed by atoms with Crippen LogP contribution in [0.5, 0.6) is 0 Å². The smallest absolute Gasteiger partial charge is 1.00 e. The quantitative estimate of drug-likeness (QED) is 0.139. The molecule has 0 atom stereocenters. The predicted octanol–water partition coefficient (Wildman–Crippen LogP) is 9.85. The van der Waals surface area contributed by atoms with Gasteiger partial charge < -0.3 is 27.0 Å². The molecule has 43 heavy (non-hydrogen) atoms. The van der Waals surface area contributed by atoms with E-state index in [-0.39, 0.29) is 88.2 Å². The molecule has 0 saturated heterocycles. The van der Waals surface area contributed by atoms with E-state index in [2.05, 4.69) is 20.8 Å². The molecule has 1 radical (unpaired) electrons. The van der Waals surface area contributed by atoms with Gasteiger partial charge in [0, 0.05) is 27.7 Å². The Balaban J connectivity index is -0.0000000184. The second-order valence-corrected chi connectivity index (χ2v) is 8.31. The molecule has 0 amide bonds. The third-order valence-electron chi connectivity index (χ3n) is 4.93. The van der Waals surface area contributed by atoms with Crippen LogP contribution in [0.25, 0.3) is 0 Å². The summed E-state index contributed by atoms with van der Waals surface area (Å²) in [5.41, 5.74) is 0. The first-order chi connectivity index (χ1) is 16.1. The molecule has 0 N–H and O–H groups in total. The first kappa shape index (κ1) is 90.1. The van der Waals surface area contributed by atoms with Gasteiger partial charge in [0.25, 0.3) is 0 Å². The monoisotopic (exact) mass is 800 g/mol. The molecule has 0 heterocycles. The second kappa shape index (κ2) is 90.0. The van der Waals surface area contributed by atoms with Gasteiger partial charge in [-0.05, 0) is 17.8 Å². The van der Waals surface area contributed by atoms with Gasteiger partial charge in [-0.3, -0.25) is 12.9 Å². The van der Waals surface area contributed by atoms with Gasteiger partial charge in [0.05, 0.1) is 24.3 Å². The van der Waals surface area contributed by atoms with Gasteiger partial charge in [0.1, 0.15) is 0 Å². The van der Waals surface area contributed by atoms with Crippen LogP contribution in [0, 0.1) is 85.4 Å². The van der Waals surface area contributed by atoms with E-state index in [9.17, 15) is 12.9 Å². The topological polar surface area (TPSA) is 95.2 Å². The van der Waals surface area contributed by atoms with Gasteiger partial charge in [-0.1, -0.05) is 120 Å². The van der Waals surface area contributed by atoms with Crippen LogP contribution in [0.4, 0.5) is 12.9 Å². The Morgan fingerprint density at radius 2 is 0.558 bits per heavy atom. The predicted molar refractivity (Wildman–Crippen MR) is 177 cm³/mol. The molecule has 0 aromatic rings. The van der Waals surface area contributed by atoms with Gasteiger partial charge in [-0.25, -0.2) is 0 Å². The Hall–Kier alpha value is -1.01. The Morgan fingerprint density at radius 1 is 0.488 bits per heavy atom. The minimum absolute atomic E-state index is 0. The normalized spacial score (nSPS) is 12.0. The fraction of sp³-hybridized carbons (Fsp3) is 0.781. The fourth-order valence-electron chi connectivity index (χ4n) is 3.39. The molecule has 3 saturated carbocycles. The van der Waals surface area contributed by atoms with Gasteiger partial charge in [0.15, 0.2) is 0 Å². The van der Waals surface area contributed by atoms with E-state index in [1.165, 1.54) is 105 Å². The van der Waals surface area contributed by atoms with E-state index in [4.69, 9.17) is 21.0 Å². The molecule has 0 aliphatic heterocycles. The summed E-state index contributed by atoms with van der Waals surface area (Å²) < 4.78 is 29.0. The molecule has 3 aliphatic carbocycles. The minimum atomic E-state index is -3.67. The molecular weight excluding hydrogens is 729 g/mol. The standard InChI is InChI=1S/3C6H12.4C2H3N.3CH4.3CH3.BF3.FH.2Ru/c3*1-6-4-2-3-5-6;4*1-2-3;;;;;;;2-1(3)4;;;/h3*6H,2-5H2,1H3;4*1H3;3*1H4;3*1H3;;1H;;/q;;;;;;;;;;3*-1;;;+1;+2/p-1. The summed E-state index contributed by atoms with van der Waals surface area (Å²) in [7, 11) is -3.67. The Kier molecular flexibility index (Phi) is 188. The maximum atomic E-state index is 9.67. The number of halogens is 4. The van der Waals surface area contributed by atoms with Gasteiger partial charge in [-0.15, -0.1) is 0 Å². The third kappa shape index (κ3) is 156. The zero-order valence-electron chi connectivity index (χ0n) is 26.8. The first-order valence-corrected chi connectivity index (χ1v) is 12.2. The van der Waals surface area contributed by atoms with E-state index in [1.54, 1.807) is 24.3 Å². The number of nitrogens with zero attached hydrogens (tertiary/aromatic N) is 4.